The van der Waals surface area contributed by atoms with Gasteiger partial charge in [-0.25, -0.2) is 9.97 Å². The van der Waals surface area contributed by atoms with Gasteiger partial charge >= 0.3 is 0 Å². The molecule has 0 bridgehead atoms. The Morgan fingerprint density at radius 3 is 3.00 bits per heavy atom. The molecule has 0 spiro atoms. The van der Waals surface area contributed by atoms with Crippen LogP contribution in [0, 0.1) is 0 Å². The maximum Gasteiger partial charge on any atom is 0.148 e. The van der Waals surface area contributed by atoms with Gasteiger partial charge in [-0.2, -0.15) is 0 Å². The fraction of sp³-hybridized carbons (Fsp3) is 0.400. The van der Waals surface area contributed by atoms with Crippen molar-refractivity contribution in [2.75, 3.05) is 11.9 Å². The lowest BCUT2D eigenvalue weighted by Crippen LogP contribution is -2.04. The van der Waals surface area contributed by atoms with Crippen LogP contribution >= 0.6 is 11.6 Å². The average Bonchev–Trinajstić information content (AvgIpc) is 2.21. The number of hydrogen-bond acceptors (Lipinski definition) is 3. The Morgan fingerprint density at radius 2 is 2.36 bits per heavy atom. The van der Waals surface area contributed by atoms with Gasteiger partial charge in [0.15, 0.2) is 0 Å². The van der Waals surface area contributed by atoms with E-state index in [4.69, 9.17) is 11.6 Å². The monoisotopic (exact) mass is 211 g/mol. The van der Waals surface area contributed by atoms with Crippen molar-refractivity contribution in [3.05, 3.63) is 29.7 Å². The summed E-state index contributed by atoms with van der Waals surface area (Å²) in [4.78, 5) is 8.15. The number of nitrogens with one attached hydrogen (secondary N) is 1. The number of aromatic nitrogens is 2. The fourth-order valence-corrected chi connectivity index (χ4v) is 1.37. The molecule has 76 valence electrons. The smallest absolute Gasteiger partial charge is 0.148 e. The summed E-state index contributed by atoms with van der Waals surface area (Å²) in [6, 6.07) is 0. The summed E-state index contributed by atoms with van der Waals surface area (Å²) in [6.07, 6.45) is 5.09. The quantitative estimate of drug-likeness (QED) is 0.601. The zero-order chi connectivity index (χ0) is 10.4. The van der Waals surface area contributed by atoms with Crippen LogP contribution in [0.3, 0.4) is 0 Å². The van der Waals surface area contributed by atoms with Gasteiger partial charge in [0, 0.05) is 6.54 Å². The van der Waals surface area contributed by atoms with Gasteiger partial charge in [-0.05, 0) is 12.8 Å². The van der Waals surface area contributed by atoms with Crippen molar-refractivity contribution in [3.8, 4) is 0 Å². The van der Waals surface area contributed by atoms with Crippen LogP contribution in [0.15, 0.2) is 19.0 Å². The van der Waals surface area contributed by atoms with E-state index in [-0.39, 0.29) is 0 Å². The minimum Gasteiger partial charge on any atom is -0.368 e. The number of rotatable bonds is 5. The van der Waals surface area contributed by atoms with Crippen molar-refractivity contribution in [2.45, 2.75) is 19.8 Å². The number of anilines is 1. The highest BCUT2D eigenvalue weighted by atomic mass is 35.5. The summed E-state index contributed by atoms with van der Waals surface area (Å²) in [6.45, 7) is 6.45. The van der Waals surface area contributed by atoms with Crippen LogP contribution in [0.4, 0.5) is 5.82 Å². The van der Waals surface area contributed by atoms with Crippen LogP contribution in [0.25, 0.3) is 0 Å². The molecule has 0 radical (unpaired) electrons. The molecule has 0 unspecified atom stereocenters. The van der Waals surface area contributed by atoms with Crippen LogP contribution < -0.4 is 5.32 Å². The molecule has 4 heteroatoms. The second kappa shape index (κ2) is 5.60. The molecular formula is C10H14ClN3. The zero-order valence-electron chi connectivity index (χ0n) is 8.26. The van der Waals surface area contributed by atoms with Crippen molar-refractivity contribution in [2.24, 2.45) is 0 Å². The highest BCUT2D eigenvalue weighted by Gasteiger charge is 2.05. The molecule has 1 heterocycles. The minimum absolute atomic E-state index is 0.624. The average molecular weight is 212 g/mol. The maximum atomic E-state index is 6.07. The normalized spacial score (nSPS) is 9.86. The lowest BCUT2D eigenvalue weighted by Gasteiger charge is -2.07. The van der Waals surface area contributed by atoms with Gasteiger partial charge in [-0.3, -0.25) is 0 Å². The van der Waals surface area contributed by atoms with E-state index in [9.17, 15) is 0 Å². The van der Waals surface area contributed by atoms with Gasteiger partial charge < -0.3 is 5.32 Å². The molecule has 0 saturated carbocycles. The second-order valence-electron chi connectivity index (χ2n) is 2.84. The molecule has 3 nitrogen and oxygen atoms in total. The molecule has 0 aromatic carbocycles. The molecule has 0 aliphatic heterocycles. The highest BCUT2D eigenvalue weighted by Crippen LogP contribution is 2.21. The van der Waals surface area contributed by atoms with E-state index in [1.54, 1.807) is 0 Å². The van der Waals surface area contributed by atoms with Crippen molar-refractivity contribution < 1.29 is 0 Å². The minimum atomic E-state index is 0.624. The highest BCUT2D eigenvalue weighted by molar-refractivity contribution is 6.33. The number of nitrogens with zero attached hydrogens (tertiary/aromatic N) is 2. The Kier molecular flexibility index (Phi) is 4.40. The van der Waals surface area contributed by atoms with E-state index in [1.165, 1.54) is 6.33 Å². The molecule has 1 aromatic heterocycles. The Hall–Kier alpha value is -1.09. The van der Waals surface area contributed by atoms with Gasteiger partial charge in [0.25, 0.3) is 0 Å². The Bertz CT molecular complexity index is 312. The third-order valence-corrected chi connectivity index (χ3v) is 2.23. The molecule has 0 fully saturated rings. The van der Waals surface area contributed by atoms with Crippen molar-refractivity contribution >= 4 is 17.4 Å². The fourth-order valence-electron chi connectivity index (χ4n) is 1.07. The largest absolute Gasteiger partial charge is 0.368 e. The molecule has 1 rings (SSSR count). The first-order valence-corrected chi connectivity index (χ1v) is 5.01. The summed E-state index contributed by atoms with van der Waals surface area (Å²) < 4.78 is 0. The van der Waals surface area contributed by atoms with Crippen LogP contribution in [0.5, 0.6) is 0 Å². The maximum absolute atomic E-state index is 6.07. The van der Waals surface area contributed by atoms with Gasteiger partial charge in [-0.1, -0.05) is 24.6 Å². The Labute approximate surface area is 89.2 Å². The third kappa shape index (κ3) is 2.70. The van der Waals surface area contributed by atoms with Gasteiger partial charge in [0.05, 0.1) is 5.69 Å². The predicted octanol–water partition coefficient (Wildman–Crippen LogP) is 2.68. The standard InChI is InChI=1S/C10H14ClN3/c1-3-5-6-12-10-9(11)8(4-2)13-7-14-10/h3,7H,1,4-6H2,2H3,(H,12,13,14). The van der Waals surface area contributed by atoms with E-state index in [2.05, 4.69) is 21.9 Å². The molecule has 0 aliphatic rings. The second-order valence-corrected chi connectivity index (χ2v) is 3.22. The third-order valence-electron chi connectivity index (χ3n) is 1.84. The predicted molar refractivity (Wildman–Crippen MR) is 59.7 cm³/mol. The summed E-state index contributed by atoms with van der Waals surface area (Å²) in [7, 11) is 0. The van der Waals surface area contributed by atoms with Crippen LogP contribution in [-0.2, 0) is 6.42 Å². The molecule has 1 N–H and O–H groups in total. The lowest BCUT2D eigenvalue weighted by molar-refractivity contribution is 0.980. The Balaban J connectivity index is 2.71. The van der Waals surface area contributed by atoms with Crippen LogP contribution in [-0.4, -0.2) is 16.5 Å². The number of hydrogen-bond donors (Lipinski definition) is 1. The van der Waals surface area contributed by atoms with Gasteiger partial charge in [-0.15, -0.1) is 6.58 Å². The molecule has 0 amide bonds. The first-order chi connectivity index (χ1) is 6.79. The topological polar surface area (TPSA) is 37.8 Å². The molecule has 1 aromatic rings. The zero-order valence-corrected chi connectivity index (χ0v) is 9.01. The summed E-state index contributed by atoms with van der Waals surface area (Å²) in [5.74, 6) is 0.709. The van der Waals surface area contributed by atoms with Gasteiger partial charge in [0.1, 0.15) is 17.2 Å². The number of halogens is 1. The molecule has 14 heavy (non-hydrogen) atoms. The molecule has 0 saturated heterocycles. The molecule has 0 aliphatic carbocycles. The van der Waals surface area contributed by atoms with E-state index < -0.39 is 0 Å². The van der Waals surface area contributed by atoms with Crippen LogP contribution in [0.2, 0.25) is 5.02 Å². The first kappa shape index (κ1) is 11.0. The lowest BCUT2D eigenvalue weighted by atomic mass is 10.3. The summed E-state index contributed by atoms with van der Waals surface area (Å²) in [5.41, 5.74) is 0.878. The van der Waals surface area contributed by atoms with E-state index >= 15 is 0 Å². The van der Waals surface area contributed by atoms with Crippen molar-refractivity contribution in [1.82, 2.24) is 9.97 Å². The first-order valence-electron chi connectivity index (χ1n) is 4.63. The van der Waals surface area contributed by atoms with Crippen molar-refractivity contribution in [3.63, 3.8) is 0 Å². The van der Waals surface area contributed by atoms with Crippen molar-refractivity contribution in [1.29, 1.82) is 0 Å². The molecular weight excluding hydrogens is 198 g/mol. The number of aryl methyl sites for hydroxylation is 1. The SMILES string of the molecule is C=CCCNc1ncnc(CC)c1Cl. The van der Waals surface area contributed by atoms with Gasteiger partial charge in [0.2, 0.25) is 0 Å². The van der Waals surface area contributed by atoms with E-state index in [1.807, 2.05) is 13.0 Å². The summed E-state index contributed by atoms with van der Waals surface area (Å²) >= 11 is 6.07. The van der Waals surface area contributed by atoms with Crippen LogP contribution in [0.1, 0.15) is 19.0 Å². The van der Waals surface area contributed by atoms with E-state index in [0.29, 0.717) is 10.8 Å². The van der Waals surface area contributed by atoms with E-state index in [0.717, 1.165) is 25.1 Å². The Morgan fingerprint density at radius 1 is 1.57 bits per heavy atom. The summed E-state index contributed by atoms with van der Waals surface area (Å²) in [5, 5.41) is 3.76. The molecule has 0 atom stereocenters.